The molecule has 1 heterocycles. The number of ether oxygens (including phenoxy) is 1. The fourth-order valence-electron chi connectivity index (χ4n) is 4.18. The maximum absolute atomic E-state index is 15.2. The minimum Gasteiger partial charge on any atom is -0.448 e. The number of amides is 4. The van der Waals surface area contributed by atoms with Gasteiger partial charge in [0, 0.05) is 42.4 Å². The molecule has 1 atom stereocenters. The Bertz CT molecular complexity index is 1990. The number of carbonyl (C=O) groups is 3. The molecule has 19 heteroatoms. The highest BCUT2D eigenvalue weighted by atomic mass is 32.2. The average molecular weight is 721 g/mol. The Morgan fingerprint density at radius 3 is 2.40 bits per heavy atom. The van der Waals surface area contributed by atoms with Crippen molar-refractivity contribution in [1.29, 1.82) is 0 Å². The van der Waals surface area contributed by atoms with Crippen LogP contribution in [-0.2, 0) is 26.3 Å². The van der Waals surface area contributed by atoms with Gasteiger partial charge in [0.2, 0.25) is 11.9 Å². The fraction of sp³-hybridized carbons (Fsp3) is 0.194. The molecule has 0 radical (unpaired) electrons. The molecule has 0 spiro atoms. The number of hydrogen-bond acceptors (Lipinski definition) is 9. The zero-order valence-electron chi connectivity index (χ0n) is 26.2. The van der Waals surface area contributed by atoms with Crippen molar-refractivity contribution in [3.05, 3.63) is 84.1 Å². The molecule has 50 heavy (non-hydrogen) atoms. The van der Waals surface area contributed by atoms with Crippen molar-refractivity contribution in [2.24, 2.45) is 4.36 Å². The number of carbonyl (C=O) groups excluding carboxylic acids is 3. The van der Waals surface area contributed by atoms with Crippen molar-refractivity contribution in [3.63, 3.8) is 0 Å². The maximum Gasteiger partial charge on any atom is 0.441 e. The molecule has 1 unspecified atom stereocenters. The summed E-state index contributed by atoms with van der Waals surface area (Å²) >= 11 is 0. The van der Waals surface area contributed by atoms with Gasteiger partial charge in [-0.3, -0.25) is 4.79 Å². The number of anilines is 5. The van der Waals surface area contributed by atoms with E-state index in [1.54, 1.807) is 19.1 Å². The number of alkyl halides is 3. The van der Waals surface area contributed by atoms with Gasteiger partial charge in [0.15, 0.2) is 0 Å². The minimum atomic E-state index is -4.78. The summed E-state index contributed by atoms with van der Waals surface area (Å²) in [5, 5.41) is 12.7. The molecular formula is C31H29F5N8O5S. The van der Waals surface area contributed by atoms with E-state index in [2.05, 4.69) is 35.6 Å². The van der Waals surface area contributed by atoms with Gasteiger partial charge in [0.05, 0.1) is 34.1 Å². The first-order valence-corrected chi connectivity index (χ1v) is 15.8. The van der Waals surface area contributed by atoms with Crippen molar-refractivity contribution in [1.82, 2.24) is 15.3 Å². The number of nitrogens with zero attached hydrogens (tertiary/aromatic N) is 3. The summed E-state index contributed by atoms with van der Waals surface area (Å²) in [6, 6.07) is 10.1. The Balaban J connectivity index is 1.56. The lowest BCUT2D eigenvalue weighted by molar-refractivity contribution is -0.137. The molecule has 4 rings (SSSR count). The van der Waals surface area contributed by atoms with Gasteiger partial charge in [-0.1, -0.05) is 12.1 Å². The number of rotatable bonds is 11. The van der Waals surface area contributed by atoms with E-state index in [-0.39, 0.29) is 53.5 Å². The van der Waals surface area contributed by atoms with Crippen molar-refractivity contribution < 1.29 is 45.3 Å². The van der Waals surface area contributed by atoms with Crippen LogP contribution in [0, 0.1) is 11.6 Å². The van der Waals surface area contributed by atoms with Gasteiger partial charge in [0.25, 0.3) is 0 Å². The van der Waals surface area contributed by atoms with Crippen LogP contribution in [0.1, 0.15) is 19.4 Å². The van der Waals surface area contributed by atoms with Gasteiger partial charge in [-0.05, 0) is 61.0 Å². The second kappa shape index (κ2) is 16.5. The van der Waals surface area contributed by atoms with Crippen LogP contribution in [0.15, 0.2) is 76.1 Å². The summed E-state index contributed by atoms with van der Waals surface area (Å²) in [4.78, 5) is 44.3. The van der Waals surface area contributed by atoms with Gasteiger partial charge in [-0.2, -0.15) is 18.2 Å². The van der Waals surface area contributed by atoms with Crippen molar-refractivity contribution >= 4 is 57.5 Å². The lowest BCUT2D eigenvalue weighted by Crippen LogP contribution is -2.26. The lowest BCUT2D eigenvalue weighted by atomic mass is 10.1. The standard InChI is InChI=1S/C31H29F5N8O5S/c1-3-49-30(47)44-50(48)21-6-4-5-20(15-21)40-28-39-16-22(27(43-28)38-12-11-37-17(2)45)18-7-10-25(24(33)13-18)41-29(46)42-26-14-19(31(34,35)36)8-9-23(26)32/h4-10,13-16,50H,3,11-12H2,1-2H3,(H,37,45)(H2,41,42,46)(H2,38,39,40,43). The van der Waals surface area contributed by atoms with E-state index in [1.807, 2.05) is 5.32 Å². The van der Waals surface area contributed by atoms with E-state index >= 15 is 4.39 Å². The minimum absolute atomic E-state index is 0.0581. The van der Waals surface area contributed by atoms with Gasteiger partial charge in [0.1, 0.15) is 17.5 Å². The second-order valence-electron chi connectivity index (χ2n) is 10.1. The molecule has 0 bridgehead atoms. The maximum atomic E-state index is 15.2. The molecular weight excluding hydrogens is 691 g/mol. The predicted octanol–water partition coefficient (Wildman–Crippen LogP) is 6.56. The van der Waals surface area contributed by atoms with E-state index in [9.17, 15) is 36.2 Å². The highest BCUT2D eigenvalue weighted by Gasteiger charge is 2.31. The number of nitrogens with one attached hydrogen (secondary N) is 5. The topological polar surface area (TPSA) is 176 Å². The molecule has 13 nitrogen and oxygen atoms in total. The zero-order valence-corrected chi connectivity index (χ0v) is 27.1. The van der Waals surface area contributed by atoms with Crippen LogP contribution in [0.2, 0.25) is 0 Å². The van der Waals surface area contributed by atoms with Crippen LogP contribution < -0.4 is 26.6 Å². The van der Waals surface area contributed by atoms with E-state index in [1.165, 1.54) is 37.4 Å². The summed E-state index contributed by atoms with van der Waals surface area (Å²) in [6.07, 6.45) is -4.38. The highest BCUT2D eigenvalue weighted by molar-refractivity contribution is 7.75. The Morgan fingerprint density at radius 1 is 0.940 bits per heavy atom. The fourth-order valence-corrected chi connectivity index (χ4v) is 4.97. The first kappa shape index (κ1) is 37.0. The van der Waals surface area contributed by atoms with Crippen LogP contribution in [-0.4, -0.2) is 51.9 Å². The van der Waals surface area contributed by atoms with Gasteiger partial charge >= 0.3 is 18.3 Å². The number of halogens is 5. The summed E-state index contributed by atoms with van der Waals surface area (Å²) in [5.41, 5.74) is -1.39. The first-order valence-electron chi connectivity index (χ1n) is 14.6. The quantitative estimate of drug-likeness (QED) is 0.0570. The molecule has 4 amide bonds. The number of thiol groups is 1. The van der Waals surface area contributed by atoms with E-state index in [0.717, 1.165) is 6.07 Å². The molecule has 0 fully saturated rings. The second-order valence-corrected chi connectivity index (χ2v) is 11.3. The number of hydrogen-bond donors (Lipinski definition) is 6. The van der Waals surface area contributed by atoms with Crippen LogP contribution in [0.3, 0.4) is 0 Å². The Hall–Kier alpha value is -5.85. The third-order valence-corrected chi connectivity index (χ3v) is 7.48. The molecule has 0 aliphatic carbocycles. The highest BCUT2D eigenvalue weighted by Crippen LogP contribution is 2.33. The third kappa shape index (κ3) is 10.3. The summed E-state index contributed by atoms with van der Waals surface area (Å²) in [7, 11) is -2.46. The normalized spacial score (nSPS) is 11.7. The molecule has 0 saturated heterocycles. The SMILES string of the molecule is CCOC(=O)/N=[SH](=O)\c1cccc(Nc2ncc(-c3ccc(NC(=O)Nc4cc(C(F)(F)F)ccc4F)c(F)c3)c(NCCNC(C)=O)n2)c1. The largest absolute Gasteiger partial charge is 0.448 e. The Labute approximate surface area is 283 Å². The molecule has 1 aromatic heterocycles. The summed E-state index contributed by atoms with van der Waals surface area (Å²) in [6.45, 7) is 3.40. The zero-order chi connectivity index (χ0) is 36.4. The van der Waals surface area contributed by atoms with E-state index < -0.39 is 51.8 Å². The molecule has 3 aromatic carbocycles. The van der Waals surface area contributed by atoms with Crippen molar-refractivity contribution in [3.8, 4) is 11.1 Å². The lowest BCUT2D eigenvalue weighted by Gasteiger charge is -2.15. The monoisotopic (exact) mass is 720 g/mol. The molecule has 264 valence electrons. The number of benzene rings is 3. The van der Waals surface area contributed by atoms with Crippen LogP contribution in [0.4, 0.5) is 60.4 Å². The van der Waals surface area contributed by atoms with Gasteiger partial charge < -0.3 is 31.3 Å². The van der Waals surface area contributed by atoms with Crippen LogP contribution >= 0.6 is 0 Å². The smallest absolute Gasteiger partial charge is 0.441 e. The molecule has 0 saturated carbocycles. The average Bonchev–Trinajstić information content (AvgIpc) is 3.05. The van der Waals surface area contributed by atoms with Crippen molar-refractivity contribution in [2.75, 3.05) is 41.0 Å². The Morgan fingerprint density at radius 2 is 1.70 bits per heavy atom. The molecule has 0 aliphatic rings. The van der Waals surface area contributed by atoms with Crippen LogP contribution in [0.25, 0.3) is 11.1 Å². The van der Waals surface area contributed by atoms with E-state index in [0.29, 0.717) is 29.4 Å². The number of urea groups is 1. The van der Waals surface area contributed by atoms with Crippen LogP contribution in [0.5, 0.6) is 0 Å². The van der Waals surface area contributed by atoms with Gasteiger partial charge in [-0.25, -0.2) is 27.6 Å². The molecule has 0 aliphatic heterocycles. The summed E-state index contributed by atoms with van der Waals surface area (Å²) in [5.74, 6) is -2.09. The molecule has 5 N–H and O–H groups in total. The Kier molecular flexibility index (Phi) is 12.2. The number of aromatic nitrogens is 2. The molecule has 4 aromatic rings. The van der Waals surface area contributed by atoms with E-state index in [4.69, 9.17) is 4.74 Å². The summed E-state index contributed by atoms with van der Waals surface area (Å²) < 4.78 is 89.0. The third-order valence-electron chi connectivity index (χ3n) is 6.41. The van der Waals surface area contributed by atoms with Crippen molar-refractivity contribution in [2.45, 2.75) is 24.9 Å². The predicted molar refractivity (Wildman–Crippen MR) is 176 cm³/mol. The van der Waals surface area contributed by atoms with Gasteiger partial charge in [-0.15, -0.1) is 4.36 Å². The first-order chi connectivity index (χ1) is 23.7.